The number of aliphatic hydroxyl groups is 1. The van der Waals surface area contributed by atoms with Gasteiger partial charge in [-0.3, -0.25) is 0 Å². The third-order valence-electron chi connectivity index (χ3n) is 1.96. The maximum absolute atomic E-state index is 13.2. The first-order chi connectivity index (χ1) is 6.22. The van der Waals surface area contributed by atoms with E-state index in [9.17, 15) is 4.39 Å². The van der Waals surface area contributed by atoms with E-state index in [1.165, 1.54) is 13.2 Å². The SMILES string of the molecule is CCc1cc(F)c(OC)c(CO)c1. The lowest BCUT2D eigenvalue weighted by atomic mass is 10.1. The highest BCUT2D eigenvalue weighted by molar-refractivity contribution is 5.38. The molecule has 1 rings (SSSR count). The van der Waals surface area contributed by atoms with Gasteiger partial charge in [-0.2, -0.15) is 0 Å². The number of aryl methyl sites for hydroxylation is 1. The van der Waals surface area contributed by atoms with Gasteiger partial charge >= 0.3 is 0 Å². The number of rotatable bonds is 3. The van der Waals surface area contributed by atoms with Gasteiger partial charge in [-0.1, -0.05) is 6.92 Å². The summed E-state index contributed by atoms with van der Waals surface area (Å²) in [6, 6.07) is 3.18. The van der Waals surface area contributed by atoms with Crippen molar-refractivity contribution >= 4 is 0 Å². The molecule has 13 heavy (non-hydrogen) atoms. The second-order valence-electron chi connectivity index (χ2n) is 2.78. The van der Waals surface area contributed by atoms with Crippen molar-refractivity contribution in [3.8, 4) is 5.75 Å². The summed E-state index contributed by atoms with van der Waals surface area (Å²) >= 11 is 0. The predicted octanol–water partition coefficient (Wildman–Crippen LogP) is 1.89. The van der Waals surface area contributed by atoms with Gasteiger partial charge in [0.1, 0.15) is 0 Å². The van der Waals surface area contributed by atoms with E-state index in [0.717, 1.165) is 12.0 Å². The molecule has 3 heteroatoms. The van der Waals surface area contributed by atoms with E-state index in [2.05, 4.69) is 0 Å². The minimum Gasteiger partial charge on any atom is -0.493 e. The van der Waals surface area contributed by atoms with Crippen LogP contribution in [-0.4, -0.2) is 12.2 Å². The van der Waals surface area contributed by atoms with Crippen LogP contribution < -0.4 is 4.74 Å². The monoisotopic (exact) mass is 184 g/mol. The van der Waals surface area contributed by atoms with Gasteiger partial charge in [-0.25, -0.2) is 4.39 Å². The summed E-state index contributed by atoms with van der Waals surface area (Å²) in [6.45, 7) is 1.73. The highest BCUT2D eigenvalue weighted by Crippen LogP contribution is 2.24. The lowest BCUT2D eigenvalue weighted by molar-refractivity contribution is 0.270. The van der Waals surface area contributed by atoms with Crippen molar-refractivity contribution in [2.75, 3.05) is 7.11 Å². The Hall–Kier alpha value is -1.09. The lowest BCUT2D eigenvalue weighted by Crippen LogP contribution is -1.97. The predicted molar refractivity (Wildman–Crippen MR) is 48.3 cm³/mol. The van der Waals surface area contributed by atoms with Gasteiger partial charge in [0.25, 0.3) is 0 Å². The Labute approximate surface area is 77.0 Å². The van der Waals surface area contributed by atoms with Crippen molar-refractivity contribution in [3.05, 3.63) is 29.1 Å². The molecule has 1 aromatic carbocycles. The average Bonchev–Trinajstić information content (AvgIpc) is 2.16. The molecule has 0 aromatic heterocycles. The van der Waals surface area contributed by atoms with E-state index in [0.29, 0.717) is 5.56 Å². The van der Waals surface area contributed by atoms with E-state index in [4.69, 9.17) is 9.84 Å². The second kappa shape index (κ2) is 4.23. The van der Waals surface area contributed by atoms with Crippen LogP contribution in [0.15, 0.2) is 12.1 Å². The molecule has 72 valence electrons. The van der Waals surface area contributed by atoms with Gasteiger partial charge in [0, 0.05) is 5.56 Å². The summed E-state index contributed by atoms with van der Waals surface area (Å²) < 4.78 is 18.1. The fraction of sp³-hybridized carbons (Fsp3) is 0.400. The molecule has 0 unspecified atom stereocenters. The standard InChI is InChI=1S/C10H13FO2/c1-3-7-4-8(6-12)10(13-2)9(11)5-7/h4-5,12H,3,6H2,1-2H3. The second-order valence-corrected chi connectivity index (χ2v) is 2.78. The summed E-state index contributed by atoms with van der Waals surface area (Å²) in [5.41, 5.74) is 1.36. The molecule has 0 aliphatic heterocycles. The van der Waals surface area contributed by atoms with Gasteiger partial charge in [-0.15, -0.1) is 0 Å². The molecule has 0 aliphatic rings. The summed E-state index contributed by atoms with van der Waals surface area (Å²) in [5.74, 6) is -0.273. The Bertz CT molecular complexity index is 297. The first-order valence-electron chi connectivity index (χ1n) is 4.19. The number of ether oxygens (including phenoxy) is 1. The highest BCUT2D eigenvalue weighted by atomic mass is 19.1. The first-order valence-corrected chi connectivity index (χ1v) is 4.19. The summed E-state index contributed by atoms with van der Waals surface area (Å²) in [6.07, 6.45) is 0.744. The Morgan fingerprint density at radius 3 is 2.62 bits per heavy atom. The number of methoxy groups -OCH3 is 1. The number of hydrogen-bond donors (Lipinski definition) is 1. The molecule has 0 fully saturated rings. The molecule has 0 amide bonds. The van der Waals surface area contributed by atoms with Crippen LogP contribution in [0.3, 0.4) is 0 Å². The van der Waals surface area contributed by atoms with Crippen molar-refractivity contribution < 1.29 is 14.2 Å². The first kappa shape index (κ1) is 9.99. The number of benzene rings is 1. The normalized spacial score (nSPS) is 10.2. The highest BCUT2D eigenvalue weighted by Gasteiger charge is 2.09. The van der Waals surface area contributed by atoms with Crippen LogP contribution in [0.4, 0.5) is 4.39 Å². The fourth-order valence-corrected chi connectivity index (χ4v) is 1.26. The largest absolute Gasteiger partial charge is 0.493 e. The van der Waals surface area contributed by atoms with Crippen molar-refractivity contribution in [2.24, 2.45) is 0 Å². The lowest BCUT2D eigenvalue weighted by Gasteiger charge is -2.09. The number of halogens is 1. The Balaban J connectivity index is 3.20. The molecular weight excluding hydrogens is 171 g/mol. The van der Waals surface area contributed by atoms with Gasteiger partial charge in [0.15, 0.2) is 11.6 Å². The van der Waals surface area contributed by atoms with Crippen molar-refractivity contribution in [3.63, 3.8) is 0 Å². The quantitative estimate of drug-likeness (QED) is 0.777. The van der Waals surface area contributed by atoms with Crippen molar-refractivity contribution in [1.29, 1.82) is 0 Å². The van der Waals surface area contributed by atoms with E-state index in [1.807, 2.05) is 6.92 Å². The summed E-state index contributed by atoms with van der Waals surface area (Å²) in [7, 11) is 1.39. The maximum atomic E-state index is 13.2. The van der Waals surface area contributed by atoms with Gasteiger partial charge in [-0.05, 0) is 24.1 Å². The molecule has 0 saturated heterocycles. The Morgan fingerprint density at radius 2 is 2.15 bits per heavy atom. The van der Waals surface area contributed by atoms with Crippen LogP contribution >= 0.6 is 0 Å². The molecular formula is C10H13FO2. The van der Waals surface area contributed by atoms with Crippen molar-refractivity contribution in [1.82, 2.24) is 0 Å². The summed E-state index contributed by atoms with van der Waals surface area (Å²) in [5, 5.41) is 8.95. The molecule has 0 radical (unpaired) electrons. The van der Waals surface area contributed by atoms with Crippen LogP contribution in [0.1, 0.15) is 18.1 Å². The molecule has 0 spiro atoms. The fourth-order valence-electron chi connectivity index (χ4n) is 1.26. The third kappa shape index (κ3) is 1.98. The van der Waals surface area contributed by atoms with Gasteiger partial charge in [0.2, 0.25) is 0 Å². The zero-order valence-corrected chi connectivity index (χ0v) is 7.80. The topological polar surface area (TPSA) is 29.5 Å². The third-order valence-corrected chi connectivity index (χ3v) is 1.96. The average molecular weight is 184 g/mol. The number of aliphatic hydroxyl groups excluding tert-OH is 1. The molecule has 1 aromatic rings. The van der Waals surface area contributed by atoms with Gasteiger partial charge in [0.05, 0.1) is 13.7 Å². The van der Waals surface area contributed by atoms with Gasteiger partial charge < -0.3 is 9.84 Å². The molecule has 0 atom stereocenters. The smallest absolute Gasteiger partial charge is 0.165 e. The number of hydrogen-bond acceptors (Lipinski definition) is 2. The zero-order valence-electron chi connectivity index (χ0n) is 7.80. The van der Waals surface area contributed by atoms with Crippen LogP contribution in [-0.2, 0) is 13.0 Å². The van der Waals surface area contributed by atoms with Crippen LogP contribution in [0.25, 0.3) is 0 Å². The van der Waals surface area contributed by atoms with Crippen LogP contribution in [0, 0.1) is 5.82 Å². The molecule has 0 bridgehead atoms. The Kier molecular flexibility index (Phi) is 3.25. The Morgan fingerprint density at radius 1 is 1.46 bits per heavy atom. The molecule has 0 saturated carbocycles. The molecule has 0 aliphatic carbocycles. The molecule has 1 N–H and O–H groups in total. The molecule has 2 nitrogen and oxygen atoms in total. The molecule has 0 heterocycles. The minimum absolute atomic E-state index is 0.139. The van der Waals surface area contributed by atoms with E-state index in [1.54, 1.807) is 6.07 Å². The van der Waals surface area contributed by atoms with E-state index < -0.39 is 5.82 Å². The summed E-state index contributed by atoms with van der Waals surface area (Å²) in [4.78, 5) is 0. The van der Waals surface area contributed by atoms with Crippen LogP contribution in [0.2, 0.25) is 0 Å². The van der Waals surface area contributed by atoms with E-state index in [-0.39, 0.29) is 12.4 Å². The van der Waals surface area contributed by atoms with Crippen LogP contribution in [0.5, 0.6) is 5.75 Å². The van der Waals surface area contributed by atoms with E-state index >= 15 is 0 Å². The minimum atomic E-state index is -0.411. The maximum Gasteiger partial charge on any atom is 0.165 e. The van der Waals surface area contributed by atoms with Crippen molar-refractivity contribution in [2.45, 2.75) is 20.0 Å². The zero-order chi connectivity index (χ0) is 9.84.